The van der Waals surface area contributed by atoms with Gasteiger partial charge in [-0.1, -0.05) is 20.8 Å². The summed E-state index contributed by atoms with van der Waals surface area (Å²) in [6.45, 7) is 9.47. The number of fused-ring (bicyclic) bond motifs is 1. The standard InChI is InChI=1S/C14H22N4/c1-5-18-12(9-11(15)14(2,3)4)17-10-7-6-8-16-13(10)18/h6-8,11H,5,9,15H2,1-4H3. The third-order valence-electron chi connectivity index (χ3n) is 3.41. The van der Waals surface area contributed by atoms with Crippen LogP contribution in [0.4, 0.5) is 0 Å². The SMILES string of the molecule is CCn1c(CC(N)C(C)(C)C)nc2cccnc21. The van der Waals surface area contributed by atoms with Gasteiger partial charge in [0.1, 0.15) is 11.3 Å². The van der Waals surface area contributed by atoms with E-state index in [-0.39, 0.29) is 11.5 Å². The Morgan fingerprint density at radius 1 is 1.39 bits per heavy atom. The van der Waals surface area contributed by atoms with Crippen LogP contribution in [0.5, 0.6) is 0 Å². The molecule has 4 heteroatoms. The van der Waals surface area contributed by atoms with Crippen molar-refractivity contribution >= 4 is 11.2 Å². The van der Waals surface area contributed by atoms with Gasteiger partial charge >= 0.3 is 0 Å². The Hall–Kier alpha value is -1.42. The van der Waals surface area contributed by atoms with E-state index >= 15 is 0 Å². The second-order valence-electron chi connectivity index (χ2n) is 5.80. The van der Waals surface area contributed by atoms with E-state index in [2.05, 4.69) is 42.2 Å². The summed E-state index contributed by atoms with van der Waals surface area (Å²) < 4.78 is 2.15. The summed E-state index contributed by atoms with van der Waals surface area (Å²) in [5.41, 5.74) is 8.25. The maximum Gasteiger partial charge on any atom is 0.159 e. The number of pyridine rings is 1. The molecule has 18 heavy (non-hydrogen) atoms. The van der Waals surface area contributed by atoms with E-state index in [4.69, 9.17) is 5.73 Å². The molecule has 2 heterocycles. The lowest BCUT2D eigenvalue weighted by molar-refractivity contribution is 0.313. The van der Waals surface area contributed by atoms with Crippen LogP contribution in [-0.2, 0) is 13.0 Å². The molecule has 1 atom stereocenters. The topological polar surface area (TPSA) is 56.7 Å². The Labute approximate surface area is 108 Å². The molecule has 0 saturated heterocycles. The molecule has 0 saturated carbocycles. The molecule has 0 fully saturated rings. The van der Waals surface area contributed by atoms with Gasteiger partial charge in [0.25, 0.3) is 0 Å². The van der Waals surface area contributed by atoms with E-state index in [1.54, 1.807) is 0 Å². The molecule has 1 unspecified atom stereocenters. The van der Waals surface area contributed by atoms with E-state index in [9.17, 15) is 0 Å². The number of nitrogens with zero attached hydrogens (tertiary/aromatic N) is 3. The summed E-state index contributed by atoms with van der Waals surface area (Å²) >= 11 is 0. The minimum Gasteiger partial charge on any atom is -0.327 e. The number of rotatable bonds is 3. The van der Waals surface area contributed by atoms with Gasteiger partial charge in [-0.2, -0.15) is 0 Å². The highest BCUT2D eigenvalue weighted by molar-refractivity contribution is 5.71. The minimum absolute atomic E-state index is 0.0874. The highest BCUT2D eigenvalue weighted by atomic mass is 15.1. The summed E-state index contributed by atoms with van der Waals surface area (Å²) in [6.07, 6.45) is 2.59. The first kappa shape index (κ1) is 13.0. The minimum atomic E-state index is 0.0874. The summed E-state index contributed by atoms with van der Waals surface area (Å²) in [5.74, 6) is 1.04. The number of aryl methyl sites for hydroxylation is 1. The molecule has 0 amide bonds. The lowest BCUT2D eigenvalue weighted by atomic mass is 9.85. The normalized spacial score (nSPS) is 14.1. The van der Waals surface area contributed by atoms with Crippen LogP contribution < -0.4 is 5.73 Å². The van der Waals surface area contributed by atoms with Crippen LogP contribution in [0.1, 0.15) is 33.5 Å². The van der Waals surface area contributed by atoms with Crippen molar-refractivity contribution < 1.29 is 0 Å². The average Bonchev–Trinajstić information content (AvgIpc) is 2.64. The van der Waals surface area contributed by atoms with Crippen LogP contribution in [0, 0.1) is 5.41 Å². The van der Waals surface area contributed by atoms with E-state index < -0.39 is 0 Å². The number of aromatic nitrogens is 3. The lowest BCUT2D eigenvalue weighted by Gasteiger charge is -2.26. The van der Waals surface area contributed by atoms with Crippen molar-refractivity contribution in [3.05, 3.63) is 24.2 Å². The molecule has 2 aromatic heterocycles. The van der Waals surface area contributed by atoms with Gasteiger partial charge in [0, 0.05) is 25.2 Å². The number of hydrogen-bond acceptors (Lipinski definition) is 3. The molecule has 0 aliphatic heterocycles. The van der Waals surface area contributed by atoms with Gasteiger partial charge in [0.05, 0.1) is 0 Å². The van der Waals surface area contributed by atoms with Crippen molar-refractivity contribution in [1.82, 2.24) is 14.5 Å². The van der Waals surface area contributed by atoms with Crippen LogP contribution >= 0.6 is 0 Å². The quantitative estimate of drug-likeness (QED) is 0.904. The molecule has 2 N–H and O–H groups in total. The average molecular weight is 246 g/mol. The number of imidazole rings is 1. The summed E-state index contributed by atoms with van der Waals surface area (Å²) in [4.78, 5) is 9.06. The van der Waals surface area contributed by atoms with Gasteiger partial charge in [-0.25, -0.2) is 9.97 Å². The molecule has 0 radical (unpaired) electrons. The monoisotopic (exact) mass is 246 g/mol. The van der Waals surface area contributed by atoms with E-state index in [0.29, 0.717) is 0 Å². The molecule has 0 aliphatic rings. The molecule has 2 aromatic rings. The Balaban J connectivity index is 2.39. The van der Waals surface area contributed by atoms with Crippen LogP contribution in [0.2, 0.25) is 0 Å². The first-order valence-electron chi connectivity index (χ1n) is 6.49. The zero-order valence-corrected chi connectivity index (χ0v) is 11.6. The molecule has 0 aromatic carbocycles. The first-order valence-corrected chi connectivity index (χ1v) is 6.49. The maximum absolute atomic E-state index is 6.25. The highest BCUT2D eigenvalue weighted by Gasteiger charge is 2.23. The Bertz CT molecular complexity index is 536. The van der Waals surface area contributed by atoms with Crippen molar-refractivity contribution in [2.24, 2.45) is 11.1 Å². The van der Waals surface area contributed by atoms with Crippen molar-refractivity contribution in [1.29, 1.82) is 0 Å². The molecule has 98 valence electrons. The summed E-state index contributed by atoms with van der Waals surface area (Å²) in [6, 6.07) is 4.02. The van der Waals surface area contributed by atoms with Crippen molar-refractivity contribution in [3.8, 4) is 0 Å². The van der Waals surface area contributed by atoms with Crippen molar-refractivity contribution in [3.63, 3.8) is 0 Å². The number of hydrogen-bond donors (Lipinski definition) is 1. The number of nitrogens with two attached hydrogens (primary N) is 1. The summed E-state index contributed by atoms with van der Waals surface area (Å²) in [5, 5.41) is 0. The Morgan fingerprint density at radius 3 is 2.72 bits per heavy atom. The summed E-state index contributed by atoms with van der Waals surface area (Å²) in [7, 11) is 0. The first-order chi connectivity index (χ1) is 8.43. The fraction of sp³-hybridized carbons (Fsp3) is 0.571. The molecule has 0 spiro atoms. The fourth-order valence-electron chi connectivity index (χ4n) is 2.00. The fourth-order valence-corrected chi connectivity index (χ4v) is 2.00. The second kappa shape index (κ2) is 4.69. The lowest BCUT2D eigenvalue weighted by Crippen LogP contribution is -2.37. The van der Waals surface area contributed by atoms with Gasteiger partial charge in [-0.05, 0) is 24.5 Å². The van der Waals surface area contributed by atoms with Gasteiger partial charge < -0.3 is 10.3 Å². The van der Waals surface area contributed by atoms with Gasteiger partial charge in [-0.3, -0.25) is 0 Å². The Morgan fingerprint density at radius 2 is 2.11 bits per heavy atom. The van der Waals surface area contributed by atoms with E-state index in [1.807, 2.05) is 18.3 Å². The largest absolute Gasteiger partial charge is 0.327 e. The smallest absolute Gasteiger partial charge is 0.159 e. The maximum atomic E-state index is 6.25. The molecular formula is C14H22N4. The van der Waals surface area contributed by atoms with E-state index in [1.165, 1.54) is 0 Å². The molecule has 0 aliphatic carbocycles. The zero-order valence-electron chi connectivity index (χ0n) is 11.6. The molecule has 4 nitrogen and oxygen atoms in total. The molecule has 2 rings (SSSR count). The van der Waals surface area contributed by atoms with Gasteiger partial charge in [0.15, 0.2) is 5.65 Å². The predicted molar refractivity (Wildman–Crippen MR) is 74.3 cm³/mol. The van der Waals surface area contributed by atoms with Crippen LogP contribution in [0.25, 0.3) is 11.2 Å². The molecular weight excluding hydrogens is 224 g/mol. The van der Waals surface area contributed by atoms with Gasteiger partial charge in [-0.15, -0.1) is 0 Å². The van der Waals surface area contributed by atoms with Gasteiger partial charge in [0.2, 0.25) is 0 Å². The van der Waals surface area contributed by atoms with Crippen molar-refractivity contribution in [2.75, 3.05) is 0 Å². The second-order valence-corrected chi connectivity index (χ2v) is 5.80. The third-order valence-corrected chi connectivity index (χ3v) is 3.41. The molecule has 0 bridgehead atoms. The van der Waals surface area contributed by atoms with Crippen molar-refractivity contribution in [2.45, 2.75) is 46.7 Å². The zero-order chi connectivity index (χ0) is 13.3. The van der Waals surface area contributed by atoms with Crippen LogP contribution in [0.15, 0.2) is 18.3 Å². The van der Waals surface area contributed by atoms with Crippen LogP contribution in [-0.4, -0.2) is 20.6 Å². The Kier molecular flexibility index (Phi) is 3.39. The van der Waals surface area contributed by atoms with Crippen LogP contribution in [0.3, 0.4) is 0 Å². The third kappa shape index (κ3) is 2.38. The predicted octanol–water partition coefficient (Wildman–Crippen LogP) is 2.37. The van der Waals surface area contributed by atoms with E-state index in [0.717, 1.165) is 30.0 Å². The highest BCUT2D eigenvalue weighted by Crippen LogP contribution is 2.22.